The SMILES string of the molecule is CCOC(=O)c1cn(CC(=O)Nc2c(C(C)C)ccc3c2CC[C@H]2[C@](C)(C(=O)OC)CCC[C@]32C)nn1. The van der Waals surface area contributed by atoms with Crippen LogP contribution in [-0.2, 0) is 37.4 Å². The van der Waals surface area contributed by atoms with E-state index in [1.54, 1.807) is 6.92 Å². The third kappa shape index (κ3) is 4.76. The van der Waals surface area contributed by atoms with Crippen molar-refractivity contribution in [1.29, 1.82) is 0 Å². The Morgan fingerprint density at radius 3 is 2.65 bits per heavy atom. The number of fused-ring (bicyclic) bond motifs is 3. The summed E-state index contributed by atoms with van der Waals surface area (Å²) in [5.74, 6) is -0.569. The molecule has 3 atom stereocenters. The molecular weight excluding hydrogens is 472 g/mol. The summed E-state index contributed by atoms with van der Waals surface area (Å²) in [6.45, 7) is 10.4. The average Bonchev–Trinajstić information content (AvgIpc) is 3.32. The average molecular weight is 511 g/mol. The van der Waals surface area contributed by atoms with Crippen molar-refractivity contribution in [2.45, 2.75) is 84.6 Å². The van der Waals surface area contributed by atoms with Crippen LogP contribution in [0.1, 0.15) is 93.4 Å². The number of anilines is 1. The van der Waals surface area contributed by atoms with Gasteiger partial charge in [-0.05, 0) is 73.5 Å². The molecular formula is C28H38N4O5. The first-order valence-electron chi connectivity index (χ1n) is 13.2. The fourth-order valence-corrected chi connectivity index (χ4v) is 6.69. The second kappa shape index (κ2) is 10.3. The minimum Gasteiger partial charge on any atom is -0.469 e. The zero-order valence-corrected chi connectivity index (χ0v) is 22.7. The van der Waals surface area contributed by atoms with Gasteiger partial charge < -0.3 is 14.8 Å². The summed E-state index contributed by atoms with van der Waals surface area (Å²) in [4.78, 5) is 37.9. The van der Waals surface area contributed by atoms with E-state index in [9.17, 15) is 14.4 Å². The molecule has 9 heteroatoms. The Morgan fingerprint density at radius 2 is 1.97 bits per heavy atom. The van der Waals surface area contributed by atoms with E-state index in [1.807, 2.05) is 0 Å². The molecule has 1 fully saturated rings. The van der Waals surface area contributed by atoms with Crippen LogP contribution in [0.4, 0.5) is 5.69 Å². The van der Waals surface area contributed by atoms with Crippen molar-refractivity contribution in [3.8, 4) is 0 Å². The first-order valence-corrected chi connectivity index (χ1v) is 13.2. The number of hydrogen-bond acceptors (Lipinski definition) is 7. The standard InChI is InChI=1S/C28H38N4O5/c1-7-37-25(34)21-15-32(31-30-21)16-23(33)29-24-18(17(2)3)9-11-20-19(24)10-12-22-27(20,4)13-8-14-28(22,5)26(35)36-6/h9,11,15,17,22H,7-8,10,12-14,16H2,1-6H3,(H,29,33)/t22-,27-,28-/m1/s1. The number of aromatic nitrogens is 3. The van der Waals surface area contributed by atoms with Crippen LogP contribution in [0, 0.1) is 11.3 Å². The fourth-order valence-electron chi connectivity index (χ4n) is 6.69. The van der Waals surface area contributed by atoms with Crippen molar-refractivity contribution in [2.75, 3.05) is 19.0 Å². The molecule has 0 aliphatic heterocycles. The van der Waals surface area contributed by atoms with E-state index in [2.05, 4.69) is 55.5 Å². The molecule has 2 aliphatic carbocycles. The highest BCUT2D eigenvalue weighted by Gasteiger charge is 2.56. The van der Waals surface area contributed by atoms with Gasteiger partial charge in [0.15, 0.2) is 5.69 Å². The van der Waals surface area contributed by atoms with Crippen molar-refractivity contribution in [3.63, 3.8) is 0 Å². The number of nitrogens with zero attached hydrogens (tertiary/aromatic N) is 3. The lowest BCUT2D eigenvalue weighted by atomic mass is 9.49. The molecule has 1 saturated carbocycles. The number of carbonyl (C=O) groups excluding carboxylic acids is 3. The number of rotatable bonds is 7. The smallest absolute Gasteiger partial charge is 0.360 e. The lowest BCUT2D eigenvalue weighted by molar-refractivity contribution is -0.161. The van der Waals surface area contributed by atoms with Crippen LogP contribution in [0.15, 0.2) is 18.3 Å². The van der Waals surface area contributed by atoms with Crippen molar-refractivity contribution in [1.82, 2.24) is 15.0 Å². The molecule has 0 bridgehead atoms. The first-order chi connectivity index (χ1) is 17.5. The summed E-state index contributed by atoms with van der Waals surface area (Å²) in [5, 5.41) is 10.9. The Kier molecular flexibility index (Phi) is 7.44. The van der Waals surface area contributed by atoms with E-state index in [-0.39, 0.29) is 48.0 Å². The molecule has 2 aromatic rings. The third-order valence-electron chi connectivity index (χ3n) is 8.44. The number of hydrogen-bond donors (Lipinski definition) is 1. The van der Waals surface area contributed by atoms with Gasteiger partial charge in [0.25, 0.3) is 0 Å². The Bertz CT molecular complexity index is 1210. The zero-order chi connectivity index (χ0) is 27.0. The number of nitrogens with one attached hydrogen (secondary N) is 1. The number of amides is 1. The lowest BCUT2D eigenvalue weighted by Crippen LogP contribution is -2.52. The van der Waals surface area contributed by atoms with E-state index in [0.29, 0.717) is 0 Å². The Labute approximate surface area is 218 Å². The molecule has 2 aliphatic rings. The molecule has 37 heavy (non-hydrogen) atoms. The van der Waals surface area contributed by atoms with E-state index in [4.69, 9.17) is 9.47 Å². The van der Waals surface area contributed by atoms with Crippen molar-refractivity contribution in [2.24, 2.45) is 11.3 Å². The van der Waals surface area contributed by atoms with Gasteiger partial charge in [0.2, 0.25) is 5.91 Å². The number of ether oxygens (including phenoxy) is 2. The highest BCUT2D eigenvalue weighted by atomic mass is 16.5. The van der Waals surface area contributed by atoms with Crippen LogP contribution >= 0.6 is 0 Å². The van der Waals surface area contributed by atoms with Gasteiger partial charge in [0.1, 0.15) is 6.54 Å². The van der Waals surface area contributed by atoms with Gasteiger partial charge in [-0.15, -0.1) is 5.10 Å². The second-order valence-electron chi connectivity index (χ2n) is 11.1. The Morgan fingerprint density at radius 1 is 1.22 bits per heavy atom. The van der Waals surface area contributed by atoms with Gasteiger partial charge in [-0.1, -0.05) is 44.5 Å². The molecule has 1 aromatic carbocycles. The summed E-state index contributed by atoms with van der Waals surface area (Å²) in [5.41, 5.74) is 3.65. The molecule has 4 rings (SSSR count). The number of methoxy groups -OCH3 is 1. The molecule has 0 unspecified atom stereocenters. The molecule has 0 saturated heterocycles. The maximum Gasteiger partial charge on any atom is 0.360 e. The van der Waals surface area contributed by atoms with E-state index in [1.165, 1.54) is 23.6 Å². The topological polar surface area (TPSA) is 112 Å². The van der Waals surface area contributed by atoms with Crippen molar-refractivity contribution in [3.05, 3.63) is 40.7 Å². The minimum atomic E-state index is -0.567. The minimum absolute atomic E-state index is 0.0690. The van der Waals surface area contributed by atoms with Gasteiger partial charge in [-0.25, -0.2) is 9.48 Å². The predicted molar refractivity (Wildman–Crippen MR) is 138 cm³/mol. The Hall–Kier alpha value is -3.23. The van der Waals surface area contributed by atoms with Crippen LogP contribution in [0.2, 0.25) is 0 Å². The summed E-state index contributed by atoms with van der Waals surface area (Å²) >= 11 is 0. The quantitative estimate of drug-likeness (QED) is 0.549. The van der Waals surface area contributed by atoms with Crippen molar-refractivity contribution < 1.29 is 23.9 Å². The molecule has 1 amide bonds. The van der Waals surface area contributed by atoms with E-state index in [0.717, 1.165) is 48.9 Å². The summed E-state index contributed by atoms with van der Waals surface area (Å²) in [6.07, 6.45) is 5.81. The van der Waals surface area contributed by atoms with Crippen LogP contribution in [0.3, 0.4) is 0 Å². The molecule has 200 valence electrons. The van der Waals surface area contributed by atoms with E-state index < -0.39 is 11.4 Å². The summed E-state index contributed by atoms with van der Waals surface area (Å²) in [6, 6.07) is 4.32. The molecule has 1 N–H and O–H groups in total. The Balaban J connectivity index is 1.65. The zero-order valence-electron chi connectivity index (χ0n) is 22.7. The van der Waals surface area contributed by atoms with E-state index >= 15 is 0 Å². The van der Waals surface area contributed by atoms with Gasteiger partial charge >= 0.3 is 11.9 Å². The fraction of sp³-hybridized carbons (Fsp3) is 0.607. The summed E-state index contributed by atoms with van der Waals surface area (Å²) < 4.78 is 11.5. The largest absolute Gasteiger partial charge is 0.469 e. The maximum atomic E-state index is 13.2. The highest BCUT2D eigenvalue weighted by Crippen LogP contribution is 2.58. The predicted octanol–water partition coefficient (Wildman–Crippen LogP) is 4.40. The van der Waals surface area contributed by atoms with Gasteiger partial charge in [-0.3, -0.25) is 9.59 Å². The molecule has 1 heterocycles. The number of carbonyl (C=O) groups is 3. The maximum absolute atomic E-state index is 13.2. The van der Waals surface area contributed by atoms with Crippen LogP contribution in [0.5, 0.6) is 0 Å². The van der Waals surface area contributed by atoms with Gasteiger partial charge in [0, 0.05) is 5.69 Å². The first kappa shape index (κ1) is 26.8. The second-order valence-corrected chi connectivity index (χ2v) is 11.1. The van der Waals surface area contributed by atoms with Crippen LogP contribution < -0.4 is 5.32 Å². The number of benzene rings is 1. The van der Waals surface area contributed by atoms with Crippen LogP contribution in [0.25, 0.3) is 0 Å². The monoisotopic (exact) mass is 510 g/mol. The molecule has 0 radical (unpaired) electrons. The lowest BCUT2D eigenvalue weighted by Gasteiger charge is -2.54. The molecule has 9 nitrogen and oxygen atoms in total. The van der Waals surface area contributed by atoms with Gasteiger partial charge in [0.05, 0.1) is 25.3 Å². The molecule has 0 spiro atoms. The van der Waals surface area contributed by atoms with Crippen LogP contribution in [-0.4, -0.2) is 46.6 Å². The number of esters is 2. The highest BCUT2D eigenvalue weighted by molar-refractivity contribution is 5.93. The molecule has 1 aromatic heterocycles. The van der Waals surface area contributed by atoms with Gasteiger partial charge in [-0.2, -0.15) is 0 Å². The summed E-state index contributed by atoms with van der Waals surface area (Å²) in [7, 11) is 1.48. The third-order valence-corrected chi connectivity index (χ3v) is 8.44. The normalized spacial score (nSPS) is 24.7. The van der Waals surface area contributed by atoms with Crippen molar-refractivity contribution >= 4 is 23.5 Å².